The number of carbonyl (C=O) groups is 2. The molecule has 0 aliphatic heterocycles. The highest BCUT2D eigenvalue weighted by atomic mass is 79.9. The quantitative estimate of drug-likeness (QED) is 0.730. The van der Waals surface area contributed by atoms with Crippen molar-refractivity contribution in [2.24, 2.45) is 0 Å². The summed E-state index contributed by atoms with van der Waals surface area (Å²) in [5.74, 6) is -1.59. The Morgan fingerprint density at radius 2 is 1.60 bits per heavy atom. The zero-order valence-corrected chi connectivity index (χ0v) is 10.4. The first-order chi connectivity index (χ1) is 7.04. The first kappa shape index (κ1) is 10.7. The van der Waals surface area contributed by atoms with Crippen LogP contribution in [0.25, 0.3) is 0 Å². The lowest BCUT2D eigenvalue weighted by Gasteiger charge is -2.14. The smallest absolute Gasteiger partial charge is 0.204 e. The maximum atomic E-state index is 13.4. The Kier molecular flexibility index (Phi) is 2.60. The van der Waals surface area contributed by atoms with Gasteiger partial charge in [-0.2, -0.15) is 0 Å². The van der Waals surface area contributed by atoms with E-state index in [9.17, 15) is 14.0 Å². The zero-order valence-electron chi connectivity index (χ0n) is 7.18. The lowest BCUT2D eigenvalue weighted by molar-refractivity contribution is 0.0986. The second-order valence-electron chi connectivity index (χ2n) is 2.95. The van der Waals surface area contributed by atoms with Gasteiger partial charge in [-0.1, -0.05) is 12.1 Å². The number of Topliss-reactive ketones (excluding diaryl/α,β-unsaturated/α-hetero) is 2. The Morgan fingerprint density at radius 1 is 1.00 bits per heavy atom. The molecule has 1 aliphatic rings. The maximum Gasteiger partial charge on any atom is 0.204 e. The first-order valence-electron chi connectivity index (χ1n) is 3.97. The van der Waals surface area contributed by atoms with Gasteiger partial charge in [-0.3, -0.25) is 9.59 Å². The van der Waals surface area contributed by atoms with Gasteiger partial charge in [-0.25, -0.2) is 4.39 Å². The molecule has 0 saturated heterocycles. The average Bonchev–Trinajstić information content (AvgIpc) is 2.23. The summed E-state index contributed by atoms with van der Waals surface area (Å²) in [7, 11) is 0. The van der Waals surface area contributed by atoms with Crippen LogP contribution in [0.1, 0.15) is 20.7 Å². The van der Waals surface area contributed by atoms with Crippen LogP contribution in [0.4, 0.5) is 4.39 Å². The molecule has 0 saturated carbocycles. The van der Waals surface area contributed by atoms with Crippen molar-refractivity contribution >= 4 is 43.4 Å². The summed E-state index contributed by atoms with van der Waals surface area (Å²) in [6.07, 6.45) is 0. The van der Waals surface area contributed by atoms with Crippen molar-refractivity contribution in [1.29, 1.82) is 0 Å². The van der Waals surface area contributed by atoms with E-state index in [1.165, 1.54) is 12.1 Å². The minimum absolute atomic E-state index is 0.0603. The first-order valence-corrected chi connectivity index (χ1v) is 5.56. The average molecular weight is 334 g/mol. The maximum absolute atomic E-state index is 13.4. The summed E-state index contributed by atoms with van der Waals surface area (Å²) in [5, 5.41) is 0. The molecule has 0 atom stereocenters. The predicted octanol–water partition coefficient (Wildman–Crippen LogP) is 3.21. The van der Waals surface area contributed by atoms with Crippen molar-refractivity contribution in [3.05, 3.63) is 44.1 Å². The van der Waals surface area contributed by atoms with Gasteiger partial charge in [0.2, 0.25) is 11.6 Å². The van der Waals surface area contributed by atoms with Crippen LogP contribution in [0.2, 0.25) is 0 Å². The molecule has 0 heterocycles. The van der Waals surface area contributed by atoms with E-state index in [0.717, 1.165) is 6.07 Å². The van der Waals surface area contributed by atoms with Crippen molar-refractivity contribution in [2.75, 3.05) is 0 Å². The highest BCUT2D eigenvalue weighted by Crippen LogP contribution is 2.33. The summed E-state index contributed by atoms with van der Waals surface area (Å²) in [5.41, 5.74) is -0.0762. The van der Waals surface area contributed by atoms with Crippen LogP contribution < -0.4 is 0 Å². The Labute approximate surface area is 101 Å². The Bertz CT molecular complexity index is 520. The van der Waals surface area contributed by atoms with Crippen molar-refractivity contribution in [2.45, 2.75) is 0 Å². The van der Waals surface area contributed by atoms with Gasteiger partial charge in [0.1, 0.15) is 5.82 Å². The van der Waals surface area contributed by atoms with Gasteiger partial charge in [-0.05, 0) is 37.9 Å². The van der Waals surface area contributed by atoms with Crippen molar-refractivity contribution in [1.82, 2.24) is 0 Å². The van der Waals surface area contributed by atoms with Crippen LogP contribution in [0, 0.1) is 5.82 Å². The van der Waals surface area contributed by atoms with Crippen molar-refractivity contribution in [3.8, 4) is 0 Å². The summed E-state index contributed by atoms with van der Waals surface area (Å²) < 4.78 is 13.6. The Morgan fingerprint density at radius 3 is 2.27 bits per heavy atom. The standard InChI is InChI=1S/C10H3Br2FO2/c11-7-8(12)10(15)6-4(9(7)14)2-1-3-5(6)13/h1-3H. The number of carbonyl (C=O) groups excluding carboxylic acids is 2. The SMILES string of the molecule is O=C1C(Br)=C(Br)C(=O)c2c(F)cccc21. The van der Waals surface area contributed by atoms with Gasteiger partial charge in [0.25, 0.3) is 0 Å². The Balaban J connectivity index is 2.79. The second kappa shape index (κ2) is 3.64. The number of fused-ring (bicyclic) bond motifs is 1. The summed E-state index contributed by atoms with van der Waals surface area (Å²) in [4.78, 5) is 23.3. The van der Waals surface area contributed by atoms with Crippen molar-refractivity contribution in [3.63, 3.8) is 0 Å². The number of ketones is 2. The predicted molar refractivity (Wildman–Crippen MR) is 59.9 cm³/mol. The van der Waals surface area contributed by atoms with Crippen LogP contribution >= 0.6 is 31.9 Å². The second-order valence-corrected chi connectivity index (χ2v) is 4.53. The number of rotatable bonds is 0. The topological polar surface area (TPSA) is 34.1 Å². The lowest BCUT2D eigenvalue weighted by atomic mass is 9.94. The number of allylic oxidation sites excluding steroid dienone is 2. The van der Waals surface area contributed by atoms with Gasteiger partial charge < -0.3 is 0 Å². The fourth-order valence-electron chi connectivity index (χ4n) is 1.37. The van der Waals surface area contributed by atoms with Crippen molar-refractivity contribution < 1.29 is 14.0 Å². The highest BCUT2D eigenvalue weighted by Gasteiger charge is 2.31. The molecule has 15 heavy (non-hydrogen) atoms. The van der Waals surface area contributed by atoms with E-state index in [1.807, 2.05) is 0 Å². The molecule has 76 valence electrons. The fourth-order valence-corrected chi connectivity index (χ4v) is 2.14. The lowest BCUT2D eigenvalue weighted by Crippen LogP contribution is -2.18. The molecule has 5 heteroatoms. The van der Waals surface area contributed by atoms with E-state index >= 15 is 0 Å². The molecule has 1 aromatic rings. The van der Waals surface area contributed by atoms with Crippen LogP contribution in [0.5, 0.6) is 0 Å². The molecule has 1 aromatic carbocycles. The van der Waals surface area contributed by atoms with E-state index < -0.39 is 17.4 Å². The molecular weight excluding hydrogens is 331 g/mol. The molecule has 0 spiro atoms. The number of hydrogen-bond acceptors (Lipinski definition) is 2. The molecule has 0 N–H and O–H groups in total. The van der Waals surface area contributed by atoms with Gasteiger partial charge >= 0.3 is 0 Å². The normalized spacial score (nSPS) is 15.7. The van der Waals surface area contributed by atoms with Crippen LogP contribution in [-0.4, -0.2) is 11.6 Å². The highest BCUT2D eigenvalue weighted by molar-refractivity contribution is 9.14. The third-order valence-corrected chi connectivity index (χ3v) is 4.12. The van der Waals surface area contributed by atoms with Gasteiger partial charge in [0, 0.05) is 5.56 Å². The number of hydrogen-bond donors (Lipinski definition) is 0. The van der Waals surface area contributed by atoms with E-state index in [0.29, 0.717) is 0 Å². The number of benzene rings is 1. The summed E-state index contributed by atoms with van der Waals surface area (Å²) >= 11 is 5.95. The molecule has 0 unspecified atom stereocenters. The summed E-state index contributed by atoms with van der Waals surface area (Å²) in [6.45, 7) is 0. The van der Waals surface area contributed by atoms with E-state index in [4.69, 9.17) is 0 Å². The van der Waals surface area contributed by atoms with Gasteiger partial charge in [0.15, 0.2) is 0 Å². The van der Waals surface area contributed by atoms with Crippen LogP contribution in [0.3, 0.4) is 0 Å². The monoisotopic (exact) mass is 332 g/mol. The van der Waals surface area contributed by atoms with E-state index in [2.05, 4.69) is 31.9 Å². The molecular formula is C10H3Br2FO2. The van der Waals surface area contributed by atoms with Crippen LogP contribution in [-0.2, 0) is 0 Å². The van der Waals surface area contributed by atoms with E-state index in [1.54, 1.807) is 0 Å². The van der Waals surface area contributed by atoms with Gasteiger partial charge in [-0.15, -0.1) is 0 Å². The molecule has 0 radical (unpaired) electrons. The molecule has 0 aromatic heterocycles. The third kappa shape index (κ3) is 1.50. The molecule has 1 aliphatic carbocycles. The molecule has 0 bridgehead atoms. The Hall–Kier alpha value is -0.810. The van der Waals surface area contributed by atoms with E-state index in [-0.39, 0.29) is 20.1 Å². The largest absolute Gasteiger partial charge is 0.288 e. The molecule has 2 nitrogen and oxygen atoms in total. The minimum Gasteiger partial charge on any atom is -0.288 e. The zero-order chi connectivity index (χ0) is 11.2. The molecule has 0 amide bonds. The number of halogens is 3. The molecule has 2 rings (SSSR count). The molecule has 0 fully saturated rings. The van der Waals surface area contributed by atoms with Crippen LogP contribution in [0.15, 0.2) is 27.2 Å². The fraction of sp³-hybridized carbons (Fsp3) is 0. The third-order valence-electron chi connectivity index (χ3n) is 2.08. The minimum atomic E-state index is -0.678. The summed E-state index contributed by atoms with van der Waals surface area (Å²) in [6, 6.07) is 3.99. The van der Waals surface area contributed by atoms with Gasteiger partial charge in [0.05, 0.1) is 14.5 Å².